The van der Waals surface area contributed by atoms with Crippen LogP contribution in [-0.4, -0.2) is 29.5 Å². The fraction of sp³-hybridized carbons (Fsp3) is 0.421. The first kappa shape index (κ1) is 23.2. The summed E-state index contributed by atoms with van der Waals surface area (Å²) in [5.41, 5.74) is -0.694. The van der Waals surface area contributed by atoms with Crippen molar-refractivity contribution < 1.29 is 37.4 Å². The highest BCUT2D eigenvalue weighted by Gasteiger charge is 2.30. The topological polar surface area (TPSA) is 92.7 Å². The number of benzene rings is 1. The molecule has 0 aromatic heterocycles. The van der Waals surface area contributed by atoms with Crippen LogP contribution in [0.25, 0.3) is 0 Å². The summed E-state index contributed by atoms with van der Waals surface area (Å²) in [4.78, 5) is 34.1. The molecule has 0 aliphatic rings. The largest absolute Gasteiger partial charge is 0.481 e. The summed E-state index contributed by atoms with van der Waals surface area (Å²) in [6, 6.07) is 4.37. The summed E-state index contributed by atoms with van der Waals surface area (Å²) >= 11 is 0. The zero-order valence-corrected chi connectivity index (χ0v) is 15.1. The molecule has 154 valence electrons. The van der Waals surface area contributed by atoms with Crippen LogP contribution in [0.1, 0.15) is 36.8 Å². The van der Waals surface area contributed by atoms with Crippen LogP contribution < -0.4 is 5.32 Å². The normalized spacial score (nSPS) is 12.1. The Morgan fingerprint density at radius 3 is 2.57 bits per heavy atom. The molecule has 0 bridgehead atoms. The minimum Gasteiger partial charge on any atom is -0.481 e. The van der Waals surface area contributed by atoms with Gasteiger partial charge >= 0.3 is 18.1 Å². The summed E-state index contributed by atoms with van der Waals surface area (Å²) in [5.74, 6) is -3.26. The van der Waals surface area contributed by atoms with Crippen molar-refractivity contribution in [3.05, 3.63) is 48.0 Å². The van der Waals surface area contributed by atoms with Crippen molar-refractivity contribution in [1.82, 2.24) is 5.32 Å². The second-order valence-corrected chi connectivity index (χ2v) is 6.09. The first-order chi connectivity index (χ1) is 13.1. The summed E-state index contributed by atoms with van der Waals surface area (Å²) in [6.45, 7) is 3.29. The quantitative estimate of drug-likeness (QED) is 0.337. The summed E-state index contributed by atoms with van der Waals surface area (Å²) < 4.78 is 42.9. The van der Waals surface area contributed by atoms with Gasteiger partial charge in [0.15, 0.2) is 0 Å². The minimum absolute atomic E-state index is 0.160. The molecule has 0 spiro atoms. The smallest absolute Gasteiger partial charge is 0.416 e. The van der Waals surface area contributed by atoms with E-state index >= 15 is 0 Å². The van der Waals surface area contributed by atoms with E-state index in [-0.39, 0.29) is 30.9 Å². The summed E-state index contributed by atoms with van der Waals surface area (Å²) in [7, 11) is 0. The fourth-order valence-corrected chi connectivity index (χ4v) is 2.37. The number of unbranched alkanes of at least 4 members (excludes halogenated alkanes) is 1. The molecule has 9 heteroatoms. The Morgan fingerprint density at radius 2 is 1.96 bits per heavy atom. The van der Waals surface area contributed by atoms with Crippen molar-refractivity contribution in [3.8, 4) is 0 Å². The molecule has 1 atom stereocenters. The van der Waals surface area contributed by atoms with Gasteiger partial charge in [-0.1, -0.05) is 25.1 Å². The predicted octanol–water partition coefficient (Wildman–Crippen LogP) is 3.31. The number of esters is 1. The van der Waals surface area contributed by atoms with E-state index in [9.17, 15) is 32.7 Å². The molecule has 0 fully saturated rings. The molecule has 0 saturated heterocycles. The van der Waals surface area contributed by atoms with Crippen LogP contribution in [0.15, 0.2) is 36.9 Å². The number of hydrogen-bond acceptors (Lipinski definition) is 4. The lowest BCUT2D eigenvalue weighted by Crippen LogP contribution is -2.23. The van der Waals surface area contributed by atoms with Crippen molar-refractivity contribution in [3.63, 3.8) is 0 Å². The van der Waals surface area contributed by atoms with E-state index in [0.717, 1.165) is 18.2 Å². The third-order valence-electron chi connectivity index (χ3n) is 3.88. The van der Waals surface area contributed by atoms with E-state index in [0.29, 0.717) is 19.4 Å². The van der Waals surface area contributed by atoms with Crippen molar-refractivity contribution in [2.45, 2.75) is 38.5 Å². The lowest BCUT2D eigenvalue weighted by atomic mass is 9.98. The maximum atomic E-state index is 12.7. The van der Waals surface area contributed by atoms with Crippen LogP contribution in [0.5, 0.6) is 0 Å². The van der Waals surface area contributed by atoms with Gasteiger partial charge in [-0.2, -0.15) is 13.2 Å². The van der Waals surface area contributed by atoms with Crippen LogP contribution in [0.3, 0.4) is 0 Å². The number of carbonyl (C=O) groups is 3. The number of rotatable bonds is 11. The Bertz CT molecular complexity index is 703. The number of alkyl halides is 3. The molecule has 0 unspecified atom stereocenters. The van der Waals surface area contributed by atoms with Gasteiger partial charge in [0.05, 0.1) is 17.9 Å². The highest BCUT2D eigenvalue weighted by molar-refractivity contribution is 5.86. The Morgan fingerprint density at radius 1 is 1.25 bits per heavy atom. The molecule has 1 aromatic carbocycles. The molecular formula is C19H22F3NO5. The molecule has 1 aromatic rings. The Hall–Kier alpha value is -2.84. The highest BCUT2D eigenvalue weighted by Crippen LogP contribution is 2.29. The summed E-state index contributed by atoms with van der Waals surface area (Å²) in [6.07, 6.45) is -2.55. The van der Waals surface area contributed by atoms with Gasteiger partial charge in [-0.25, -0.2) is 0 Å². The first-order valence-electron chi connectivity index (χ1n) is 8.58. The number of carboxylic acids is 1. The van der Waals surface area contributed by atoms with Crippen LogP contribution in [0.4, 0.5) is 13.2 Å². The van der Waals surface area contributed by atoms with Gasteiger partial charge in [0.2, 0.25) is 5.91 Å². The van der Waals surface area contributed by atoms with Gasteiger partial charge < -0.3 is 15.2 Å². The van der Waals surface area contributed by atoms with Crippen LogP contribution in [0.2, 0.25) is 0 Å². The molecule has 0 aliphatic heterocycles. The highest BCUT2D eigenvalue weighted by atomic mass is 19.4. The van der Waals surface area contributed by atoms with Crippen LogP contribution in [-0.2, 0) is 31.9 Å². The Labute approximate surface area is 160 Å². The van der Waals surface area contributed by atoms with Crippen LogP contribution >= 0.6 is 0 Å². The molecule has 28 heavy (non-hydrogen) atoms. The maximum absolute atomic E-state index is 12.7. The zero-order chi connectivity index (χ0) is 21.2. The Kier molecular flexibility index (Phi) is 9.20. The zero-order valence-electron chi connectivity index (χ0n) is 15.1. The van der Waals surface area contributed by atoms with Crippen LogP contribution in [0, 0.1) is 5.92 Å². The monoisotopic (exact) mass is 401 g/mol. The second kappa shape index (κ2) is 11.1. The van der Waals surface area contributed by atoms with Crippen molar-refractivity contribution in [2.75, 3.05) is 6.54 Å². The van der Waals surface area contributed by atoms with Crippen molar-refractivity contribution in [1.29, 1.82) is 0 Å². The van der Waals surface area contributed by atoms with E-state index < -0.39 is 29.6 Å². The van der Waals surface area contributed by atoms with Gasteiger partial charge in [0, 0.05) is 6.54 Å². The predicted molar refractivity (Wildman–Crippen MR) is 94.0 cm³/mol. The van der Waals surface area contributed by atoms with E-state index in [1.165, 1.54) is 12.1 Å². The fourth-order valence-electron chi connectivity index (χ4n) is 2.37. The number of nitrogens with one attached hydrogen (secondary N) is 1. The maximum Gasteiger partial charge on any atom is 0.416 e. The minimum atomic E-state index is -4.50. The molecule has 1 amide bonds. The van der Waals surface area contributed by atoms with Crippen molar-refractivity contribution in [2.24, 2.45) is 5.92 Å². The molecular weight excluding hydrogens is 379 g/mol. The average Bonchev–Trinajstić information content (AvgIpc) is 2.64. The number of hydrogen-bond donors (Lipinski definition) is 2. The number of halogens is 3. The van der Waals surface area contributed by atoms with Gasteiger partial charge in [0.25, 0.3) is 0 Å². The molecule has 0 saturated carbocycles. The number of amides is 1. The molecule has 0 radical (unpaired) electrons. The first-order valence-corrected chi connectivity index (χ1v) is 8.58. The van der Waals surface area contributed by atoms with Gasteiger partial charge in [0.1, 0.15) is 6.61 Å². The van der Waals surface area contributed by atoms with Crippen molar-refractivity contribution >= 4 is 17.8 Å². The number of carboxylic acid groups (broad SMARTS) is 1. The Balaban J connectivity index is 2.44. The molecule has 0 heterocycles. The number of ether oxygens (including phenoxy) is 1. The lowest BCUT2D eigenvalue weighted by molar-refractivity contribution is -0.152. The standard InChI is InChI=1S/C19H22F3NO5/c1-2-16(24)23-9-4-3-7-14(18(26)27)11-17(25)28-12-13-6-5-8-15(10-13)19(20,21)22/h2,5-6,8,10,14H,1,3-4,7,9,11-12H2,(H,23,24)(H,26,27)/t14-/m1/s1. The molecule has 2 N–H and O–H groups in total. The van der Waals surface area contributed by atoms with Gasteiger partial charge in [-0.15, -0.1) is 0 Å². The third kappa shape index (κ3) is 8.70. The molecule has 0 aliphatic carbocycles. The molecule has 1 rings (SSSR count). The van der Waals surface area contributed by atoms with E-state index in [1.807, 2.05) is 0 Å². The van der Waals surface area contributed by atoms with E-state index in [4.69, 9.17) is 4.74 Å². The van der Waals surface area contributed by atoms with Gasteiger partial charge in [-0.3, -0.25) is 14.4 Å². The lowest BCUT2D eigenvalue weighted by Gasteiger charge is -2.13. The molecule has 6 nitrogen and oxygen atoms in total. The third-order valence-corrected chi connectivity index (χ3v) is 3.88. The summed E-state index contributed by atoms with van der Waals surface area (Å²) in [5, 5.41) is 11.8. The van der Waals surface area contributed by atoms with E-state index in [2.05, 4.69) is 11.9 Å². The van der Waals surface area contributed by atoms with E-state index in [1.54, 1.807) is 0 Å². The second-order valence-electron chi connectivity index (χ2n) is 6.09. The SMILES string of the molecule is C=CC(=O)NCCCC[C@H](CC(=O)OCc1cccc(C(F)(F)F)c1)C(=O)O. The average molecular weight is 401 g/mol. The number of aliphatic carboxylic acids is 1. The number of carbonyl (C=O) groups excluding carboxylic acids is 2. The van der Waals surface area contributed by atoms with Gasteiger partial charge in [-0.05, 0) is 36.6 Å².